The molecular weight excluding hydrogens is 658 g/mol. The third-order valence-electron chi connectivity index (χ3n) is 9.24. The fourth-order valence-corrected chi connectivity index (χ4v) is 5.94. The Bertz CT molecular complexity index is 1470. The highest BCUT2D eigenvalue weighted by Crippen LogP contribution is 2.33. The molecule has 0 bridgehead atoms. The number of rotatable bonds is 21. The molecule has 282 valence electrons. The molecule has 14 heteroatoms. The molecule has 1 aromatic carbocycles. The normalized spacial score (nSPS) is 15.9. The summed E-state index contributed by atoms with van der Waals surface area (Å²) in [6.07, 6.45) is 8.21. The second-order valence-electron chi connectivity index (χ2n) is 13.6. The summed E-state index contributed by atoms with van der Waals surface area (Å²) in [7, 11) is 1.48. The first-order chi connectivity index (χ1) is 24.4. The summed E-state index contributed by atoms with van der Waals surface area (Å²) in [4.78, 5) is 69.0. The Labute approximate surface area is 300 Å². The smallest absolute Gasteiger partial charge is 0.328 e. The number of aryl methyl sites for hydroxylation is 1. The van der Waals surface area contributed by atoms with E-state index in [-0.39, 0.29) is 41.0 Å². The van der Waals surface area contributed by atoms with Gasteiger partial charge < -0.3 is 40.3 Å². The molecule has 4 amide bonds. The molecule has 1 aromatic heterocycles. The van der Waals surface area contributed by atoms with E-state index in [0.29, 0.717) is 57.4 Å². The number of ether oxygens (including phenoxy) is 2. The molecule has 14 nitrogen and oxygen atoms in total. The molecule has 3 unspecified atom stereocenters. The molecule has 0 aliphatic carbocycles. The van der Waals surface area contributed by atoms with E-state index in [1.165, 1.54) is 19.2 Å². The number of hydrogen-bond acceptors (Lipinski definition) is 10. The van der Waals surface area contributed by atoms with Gasteiger partial charge in [0.1, 0.15) is 35.4 Å². The molecule has 3 rings (SSSR count). The lowest BCUT2D eigenvalue weighted by Crippen LogP contribution is -2.54. The first kappa shape index (κ1) is 40.8. The van der Waals surface area contributed by atoms with Crippen molar-refractivity contribution in [1.82, 2.24) is 26.3 Å². The minimum Gasteiger partial charge on any atom is -0.507 e. The summed E-state index contributed by atoms with van der Waals surface area (Å²) in [5, 5.41) is 21.5. The summed E-state index contributed by atoms with van der Waals surface area (Å²) in [5.41, 5.74) is -1.06. The molecule has 2 heterocycles. The number of phenolic OH excluding ortho intramolecular Hbond substituents is 1. The van der Waals surface area contributed by atoms with E-state index in [9.17, 15) is 29.1 Å². The summed E-state index contributed by atoms with van der Waals surface area (Å²) < 4.78 is 17.1. The Kier molecular flexibility index (Phi) is 16.2. The maximum atomic E-state index is 14.0. The van der Waals surface area contributed by atoms with Crippen molar-refractivity contribution < 1.29 is 43.0 Å². The Balaban J connectivity index is 1.84. The summed E-state index contributed by atoms with van der Waals surface area (Å²) >= 11 is 0. The van der Waals surface area contributed by atoms with E-state index in [1.54, 1.807) is 26.8 Å². The standard InChI is InChI=1S/C37H55N5O9/c1-6-7-8-9-10-17-30(37(3,4)36(48)41-27-15-12-14-21-39-32(27)45)51-35(47)28(16-11-13-20-38-23-43)40-33(46)31-24(2)50-34(42-31)26-22-25(49-5)18-19-29(26)44/h18-19,22-23,27-28,30,44H,6-17,20-21H2,1-5H3,(H,38,43)(H,39,45)(H,40,46)(H,41,48). The molecule has 5 N–H and O–H groups in total. The number of nitrogens with one attached hydrogen (secondary N) is 4. The number of carbonyl (C=O) groups excluding carboxylic acids is 5. The van der Waals surface area contributed by atoms with Crippen molar-refractivity contribution in [2.45, 2.75) is 123 Å². The second kappa shape index (κ2) is 20.3. The largest absolute Gasteiger partial charge is 0.507 e. The third-order valence-corrected chi connectivity index (χ3v) is 9.24. The Morgan fingerprint density at radius 3 is 2.59 bits per heavy atom. The van der Waals surface area contributed by atoms with Crippen LogP contribution in [0.1, 0.15) is 114 Å². The number of methoxy groups -OCH3 is 1. The van der Waals surface area contributed by atoms with Crippen LogP contribution in [0.2, 0.25) is 0 Å². The Hall–Kier alpha value is -4.62. The number of esters is 1. The van der Waals surface area contributed by atoms with Crippen LogP contribution < -0.4 is 26.0 Å². The van der Waals surface area contributed by atoms with E-state index < -0.39 is 41.4 Å². The lowest BCUT2D eigenvalue weighted by atomic mass is 9.82. The van der Waals surface area contributed by atoms with Gasteiger partial charge in [-0.2, -0.15) is 0 Å². The fourth-order valence-electron chi connectivity index (χ4n) is 5.94. The van der Waals surface area contributed by atoms with Crippen molar-refractivity contribution in [2.75, 3.05) is 20.2 Å². The van der Waals surface area contributed by atoms with Gasteiger partial charge in [0.25, 0.3) is 5.91 Å². The fraction of sp³-hybridized carbons (Fsp3) is 0.622. The highest BCUT2D eigenvalue weighted by atomic mass is 16.5. The highest BCUT2D eigenvalue weighted by Gasteiger charge is 2.42. The number of unbranched alkanes of at least 4 members (excludes halogenated alkanes) is 5. The second-order valence-corrected chi connectivity index (χ2v) is 13.6. The van der Waals surface area contributed by atoms with Crippen LogP contribution in [-0.2, 0) is 23.9 Å². The molecule has 1 aliphatic heterocycles. The maximum absolute atomic E-state index is 14.0. The van der Waals surface area contributed by atoms with Gasteiger partial charge in [-0.1, -0.05) is 32.6 Å². The average Bonchev–Trinajstić information content (AvgIpc) is 3.38. The quantitative estimate of drug-likeness (QED) is 0.0699. The van der Waals surface area contributed by atoms with E-state index >= 15 is 0 Å². The zero-order chi connectivity index (χ0) is 37.4. The topological polar surface area (TPSA) is 198 Å². The third kappa shape index (κ3) is 12.0. The van der Waals surface area contributed by atoms with Gasteiger partial charge in [0, 0.05) is 13.1 Å². The van der Waals surface area contributed by atoms with Gasteiger partial charge in [-0.05, 0) is 90.3 Å². The maximum Gasteiger partial charge on any atom is 0.328 e. The number of aromatic nitrogens is 1. The zero-order valence-corrected chi connectivity index (χ0v) is 30.6. The molecule has 0 saturated carbocycles. The molecule has 0 radical (unpaired) electrons. The number of nitrogens with zero attached hydrogens (tertiary/aromatic N) is 1. The molecule has 3 atom stereocenters. The number of oxazole rings is 1. The minimum absolute atomic E-state index is 0.00800. The van der Waals surface area contributed by atoms with Crippen LogP contribution in [0.5, 0.6) is 11.5 Å². The van der Waals surface area contributed by atoms with Gasteiger partial charge in [-0.3, -0.25) is 19.2 Å². The first-order valence-electron chi connectivity index (χ1n) is 18.0. The van der Waals surface area contributed by atoms with Crippen molar-refractivity contribution in [3.05, 3.63) is 29.7 Å². The predicted molar refractivity (Wildman–Crippen MR) is 190 cm³/mol. The minimum atomic E-state index is -1.20. The molecule has 1 fully saturated rings. The van der Waals surface area contributed by atoms with Crippen LogP contribution in [-0.4, -0.2) is 78.6 Å². The molecule has 1 aliphatic rings. The summed E-state index contributed by atoms with van der Waals surface area (Å²) in [5.74, 6) is -1.56. The van der Waals surface area contributed by atoms with Crippen molar-refractivity contribution >= 4 is 30.1 Å². The van der Waals surface area contributed by atoms with E-state index in [4.69, 9.17) is 13.9 Å². The molecule has 0 spiro atoms. The van der Waals surface area contributed by atoms with Crippen LogP contribution in [0, 0.1) is 12.3 Å². The highest BCUT2D eigenvalue weighted by molar-refractivity contribution is 5.96. The number of hydrogen-bond donors (Lipinski definition) is 5. The number of carbonyl (C=O) groups is 5. The SMILES string of the molecule is CCCCCCCC(OC(=O)C(CCCCNC=O)NC(=O)c1nc(-c2cc(OC)ccc2O)oc1C)C(C)(C)C(=O)NC1CCCCNC1=O. The Morgan fingerprint density at radius 1 is 1.12 bits per heavy atom. The van der Waals surface area contributed by atoms with Crippen LogP contribution in [0.3, 0.4) is 0 Å². The van der Waals surface area contributed by atoms with Crippen LogP contribution in [0.15, 0.2) is 22.6 Å². The van der Waals surface area contributed by atoms with Crippen LogP contribution >= 0.6 is 0 Å². The van der Waals surface area contributed by atoms with Gasteiger partial charge in [-0.15, -0.1) is 0 Å². The zero-order valence-electron chi connectivity index (χ0n) is 30.6. The van der Waals surface area contributed by atoms with Crippen molar-refractivity contribution in [3.63, 3.8) is 0 Å². The molecule has 51 heavy (non-hydrogen) atoms. The predicted octanol–water partition coefficient (Wildman–Crippen LogP) is 4.46. The van der Waals surface area contributed by atoms with E-state index in [1.807, 2.05) is 0 Å². The molecular formula is C37H55N5O9. The van der Waals surface area contributed by atoms with Crippen molar-refractivity contribution in [2.24, 2.45) is 5.41 Å². The van der Waals surface area contributed by atoms with Gasteiger partial charge in [0.05, 0.1) is 18.1 Å². The van der Waals surface area contributed by atoms with E-state index in [2.05, 4.69) is 33.2 Å². The number of benzene rings is 1. The molecule has 2 aromatic rings. The first-order valence-corrected chi connectivity index (χ1v) is 18.0. The lowest BCUT2D eigenvalue weighted by Gasteiger charge is -2.35. The monoisotopic (exact) mass is 713 g/mol. The number of amides is 4. The van der Waals surface area contributed by atoms with Gasteiger partial charge in [-0.25, -0.2) is 9.78 Å². The number of aromatic hydroxyl groups is 1. The summed E-state index contributed by atoms with van der Waals surface area (Å²) in [6, 6.07) is 2.72. The number of phenols is 1. The van der Waals surface area contributed by atoms with Gasteiger partial charge in [0.2, 0.25) is 24.1 Å². The molecule has 1 saturated heterocycles. The van der Waals surface area contributed by atoms with Gasteiger partial charge in [0.15, 0.2) is 5.69 Å². The van der Waals surface area contributed by atoms with E-state index in [0.717, 1.165) is 38.5 Å². The Morgan fingerprint density at radius 2 is 1.86 bits per heavy atom. The van der Waals surface area contributed by atoms with Crippen LogP contribution in [0.25, 0.3) is 11.5 Å². The van der Waals surface area contributed by atoms with Gasteiger partial charge >= 0.3 is 5.97 Å². The lowest BCUT2D eigenvalue weighted by molar-refractivity contribution is -0.162. The van der Waals surface area contributed by atoms with Crippen LogP contribution in [0.4, 0.5) is 0 Å². The van der Waals surface area contributed by atoms with Crippen molar-refractivity contribution in [1.29, 1.82) is 0 Å². The average molecular weight is 714 g/mol. The van der Waals surface area contributed by atoms with Crippen molar-refractivity contribution in [3.8, 4) is 23.0 Å². The summed E-state index contributed by atoms with van der Waals surface area (Å²) in [6.45, 7) is 8.02.